The van der Waals surface area contributed by atoms with Crippen LogP contribution in [0.4, 0.5) is 9.52 Å². The molecule has 0 aliphatic heterocycles. The van der Waals surface area contributed by atoms with Crippen molar-refractivity contribution in [2.24, 2.45) is 5.10 Å². The van der Waals surface area contributed by atoms with E-state index in [0.717, 1.165) is 22.0 Å². The molecule has 1 aromatic heterocycles. The summed E-state index contributed by atoms with van der Waals surface area (Å²) in [6, 6.07) is 12.0. The highest BCUT2D eigenvalue weighted by molar-refractivity contribution is 7.13. The van der Waals surface area contributed by atoms with Crippen LogP contribution in [0.2, 0.25) is 5.02 Å². The first-order chi connectivity index (χ1) is 12.1. The molecule has 0 saturated carbocycles. The van der Waals surface area contributed by atoms with Gasteiger partial charge in [-0.3, -0.25) is 5.43 Å². The SMILES string of the molecule is Cc1csc(NN=Cc2cccc(OCc3ccc(F)c(Cl)c3)c2)n1. The maximum absolute atomic E-state index is 13.2. The van der Waals surface area contributed by atoms with Gasteiger partial charge in [0.1, 0.15) is 18.2 Å². The lowest BCUT2D eigenvalue weighted by Crippen LogP contribution is -1.97. The number of anilines is 1. The molecule has 1 heterocycles. The lowest BCUT2D eigenvalue weighted by Gasteiger charge is -2.07. The van der Waals surface area contributed by atoms with Crippen LogP contribution < -0.4 is 10.2 Å². The van der Waals surface area contributed by atoms with Gasteiger partial charge in [-0.05, 0) is 42.3 Å². The number of hydrogen-bond acceptors (Lipinski definition) is 5. The molecule has 2 aromatic carbocycles. The Kier molecular flexibility index (Phi) is 5.63. The first-order valence-corrected chi connectivity index (χ1v) is 8.74. The predicted molar refractivity (Wildman–Crippen MR) is 100 cm³/mol. The molecule has 7 heteroatoms. The Hall–Kier alpha value is -2.44. The first kappa shape index (κ1) is 17.4. The Bertz CT molecular complexity index is 898. The standard InChI is InChI=1S/C18H15ClFN3OS/c1-12-11-25-18(22-12)23-21-9-13-3-2-4-15(7-13)24-10-14-5-6-17(20)16(19)8-14/h2-9,11H,10H2,1H3,(H,22,23). The summed E-state index contributed by atoms with van der Waals surface area (Å²) in [7, 11) is 0. The van der Waals surface area contributed by atoms with Crippen LogP contribution in [-0.2, 0) is 6.61 Å². The minimum atomic E-state index is -0.438. The second kappa shape index (κ2) is 8.09. The second-order valence-corrected chi connectivity index (χ2v) is 6.54. The second-order valence-electron chi connectivity index (χ2n) is 5.27. The van der Waals surface area contributed by atoms with E-state index in [0.29, 0.717) is 12.4 Å². The van der Waals surface area contributed by atoms with Gasteiger partial charge in [0.2, 0.25) is 5.13 Å². The summed E-state index contributed by atoms with van der Waals surface area (Å²) < 4.78 is 18.9. The summed E-state index contributed by atoms with van der Waals surface area (Å²) in [6.07, 6.45) is 1.69. The maximum atomic E-state index is 13.2. The molecule has 3 aromatic rings. The molecule has 0 radical (unpaired) electrons. The van der Waals surface area contributed by atoms with Crippen molar-refractivity contribution in [3.05, 3.63) is 75.5 Å². The van der Waals surface area contributed by atoms with Gasteiger partial charge in [-0.2, -0.15) is 5.10 Å². The summed E-state index contributed by atoms with van der Waals surface area (Å²) in [5.74, 6) is 0.251. The normalized spacial score (nSPS) is 11.0. The molecule has 0 aliphatic carbocycles. The molecule has 3 rings (SSSR count). The number of aromatic nitrogens is 1. The van der Waals surface area contributed by atoms with Crippen molar-refractivity contribution >= 4 is 34.3 Å². The quantitative estimate of drug-likeness (QED) is 0.471. The van der Waals surface area contributed by atoms with E-state index in [4.69, 9.17) is 16.3 Å². The third kappa shape index (κ3) is 5.01. The van der Waals surface area contributed by atoms with Gasteiger partial charge in [0.25, 0.3) is 0 Å². The van der Waals surface area contributed by atoms with Crippen molar-refractivity contribution < 1.29 is 9.13 Å². The van der Waals surface area contributed by atoms with Crippen LogP contribution in [0, 0.1) is 12.7 Å². The molecular weight excluding hydrogens is 361 g/mol. The van der Waals surface area contributed by atoms with Crippen molar-refractivity contribution in [1.29, 1.82) is 0 Å². The number of halogens is 2. The number of thiazole rings is 1. The average Bonchev–Trinajstić information content (AvgIpc) is 3.02. The van der Waals surface area contributed by atoms with Crippen molar-refractivity contribution in [3.8, 4) is 5.75 Å². The lowest BCUT2D eigenvalue weighted by molar-refractivity contribution is 0.306. The summed E-state index contributed by atoms with van der Waals surface area (Å²) >= 11 is 7.27. The van der Waals surface area contributed by atoms with E-state index in [1.54, 1.807) is 18.3 Å². The van der Waals surface area contributed by atoms with Gasteiger partial charge in [-0.15, -0.1) is 11.3 Å². The Morgan fingerprint density at radius 2 is 2.20 bits per heavy atom. The van der Waals surface area contributed by atoms with Gasteiger partial charge in [-0.25, -0.2) is 9.37 Å². The molecule has 0 unspecified atom stereocenters. The number of ether oxygens (including phenoxy) is 1. The van der Waals surface area contributed by atoms with Crippen molar-refractivity contribution in [3.63, 3.8) is 0 Å². The molecule has 0 atom stereocenters. The van der Waals surface area contributed by atoms with Crippen LogP contribution in [0.15, 0.2) is 52.9 Å². The summed E-state index contributed by atoms with van der Waals surface area (Å²) in [5, 5.41) is 6.95. The number of rotatable bonds is 6. The van der Waals surface area contributed by atoms with Crippen LogP contribution >= 0.6 is 22.9 Å². The van der Waals surface area contributed by atoms with Gasteiger partial charge >= 0.3 is 0 Å². The van der Waals surface area contributed by atoms with E-state index in [9.17, 15) is 4.39 Å². The largest absolute Gasteiger partial charge is 0.489 e. The molecule has 128 valence electrons. The van der Waals surface area contributed by atoms with Crippen LogP contribution in [0.1, 0.15) is 16.8 Å². The Morgan fingerprint density at radius 1 is 1.32 bits per heavy atom. The Morgan fingerprint density at radius 3 is 2.96 bits per heavy atom. The van der Waals surface area contributed by atoms with Crippen LogP contribution in [0.5, 0.6) is 5.75 Å². The molecule has 0 fully saturated rings. The molecule has 25 heavy (non-hydrogen) atoms. The average molecular weight is 376 g/mol. The number of benzene rings is 2. The van der Waals surface area contributed by atoms with Gasteiger partial charge in [0, 0.05) is 5.38 Å². The Labute approximate surface area is 153 Å². The molecule has 4 nitrogen and oxygen atoms in total. The van der Waals surface area contributed by atoms with Crippen molar-refractivity contribution in [1.82, 2.24) is 4.98 Å². The fourth-order valence-corrected chi connectivity index (χ4v) is 2.89. The lowest BCUT2D eigenvalue weighted by atomic mass is 10.2. The molecule has 0 amide bonds. The van der Waals surface area contributed by atoms with E-state index >= 15 is 0 Å². The topological polar surface area (TPSA) is 46.5 Å². The van der Waals surface area contributed by atoms with Crippen molar-refractivity contribution in [2.75, 3.05) is 5.43 Å². The first-order valence-electron chi connectivity index (χ1n) is 7.48. The van der Waals surface area contributed by atoms with E-state index in [1.807, 2.05) is 36.6 Å². The number of aryl methyl sites for hydroxylation is 1. The molecule has 0 bridgehead atoms. The summed E-state index contributed by atoms with van der Waals surface area (Å²) in [4.78, 5) is 4.27. The van der Waals surface area contributed by atoms with E-state index in [1.165, 1.54) is 17.4 Å². The molecule has 0 aliphatic rings. The van der Waals surface area contributed by atoms with E-state index in [-0.39, 0.29) is 5.02 Å². The van der Waals surface area contributed by atoms with Gasteiger partial charge in [0.15, 0.2) is 0 Å². The smallest absolute Gasteiger partial charge is 0.203 e. The molecular formula is C18H15ClFN3OS. The maximum Gasteiger partial charge on any atom is 0.203 e. The fourth-order valence-electron chi connectivity index (χ4n) is 2.05. The molecule has 0 saturated heterocycles. The number of hydrazone groups is 1. The zero-order valence-electron chi connectivity index (χ0n) is 13.4. The van der Waals surface area contributed by atoms with Gasteiger partial charge in [-0.1, -0.05) is 29.8 Å². The highest BCUT2D eigenvalue weighted by Crippen LogP contribution is 2.19. The highest BCUT2D eigenvalue weighted by atomic mass is 35.5. The molecule has 1 N–H and O–H groups in total. The van der Waals surface area contributed by atoms with Crippen LogP contribution in [0.25, 0.3) is 0 Å². The summed E-state index contributed by atoms with van der Waals surface area (Å²) in [6.45, 7) is 2.23. The van der Waals surface area contributed by atoms with Crippen LogP contribution in [0.3, 0.4) is 0 Å². The fraction of sp³-hybridized carbons (Fsp3) is 0.111. The number of nitrogens with zero attached hydrogens (tertiary/aromatic N) is 2. The zero-order valence-corrected chi connectivity index (χ0v) is 14.9. The highest BCUT2D eigenvalue weighted by Gasteiger charge is 2.02. The number of hydrogen-bond donors (Lipinski definition) is 1. The van der Waals surface area contributed by atoms with E-state index < -0.39 is 5.82 Å². The number of nitrogens with one attached hydrogen (secondary N) is 1. The molecule has 0 spiro atoms. The van der Waals surface area contributed by atoms with E-state index in [2.05, 4.69) is 15.5 Å². The zero-order chi connectivity index (χ0) is 17.6. The van der Waals surface area contributed by atoms with Crippen molar-refractivity contribution in [2.45, 2.75) is 13.5 Å². The minimum Gasteiger partial charge on any atom is -0.489 e. The third-order valence-electron chi connectivity index (χ3n) is 3.24. The van der Waals surface area contributed by atoms with Gasteiger partial charge < -0.3 is 4.74 Å². The van der Waals surface area contributed by atoms with Crippen LogP contribution in [-0.4, -0.2) is 11.2 Å². The Balaban J connectivity index is 1.59. The summed E-state index contributed by atoms with van der Waals surface area (Å²) in [5.41, 5.74) is 5.53. The third-order valence-corrected chi connectivity index (χ3v) is 4.39. The van der Waals surface area contributed by atoms with Gasteiger partial charge in [0.05, 0.1) is 16.9 Å². The monoisotopic (exact) mass is 375 g/mol. The minimum absolute atomic E-state index is 0.0884. The predicted octanol–water partition coefficient (Wildman–Crippen LogP) is 5.27.